The van der Waals surface area contributed by atoms with Crippen LogP contribution in [0.2, 0.25) is 0 Å². The number of primary amides is 1. The fourth-order valence-corrected chi connectivity index (χ4v) is 1.81. The second-order valence-corrected chi connectivity index (χ2v) is 4.17. The topological polar surface area (TPSA) is 109 Å². The Morgan fingerprint density at radius 2 is 2.07 bits per heavy atom. The standard InChI is InChI=1S/C9H14N2O4/c1-4(6(12)13)5-3-9(5,2)7(14)11-8(10)15/h4-5H,3H2,1-2H3,(H,12,13)(H3,10,11,14,15)/t4-,5?,9+/m0/s1. The van der Waals surface area contributed by atoms with Crippen LogP contribution in [0.3, 0.4) is 0 Å². The van der Waals surface area contributed by atoms with Crippen molar-refractivity contribution in [1.82, 2.24) is 5.32 Å². The molecule has 6 heteroatoms. The number of urea groups is 1. The Hall–Kier alpha value is -1.59. The van der Waals surface area contributed by atoms with Crippen LogP contribution in [0.5, 0.6) is 0 Å². The number of nitrogens with two attached hydrogens (primary N) is 1. The van der Waals surface area contributed by atoms with E-state index in [0.29, 0.717) is 6.42 Å². The number of hydrogen-bond acceptors (Lipinski definition) is 3. The van der Waals surface area contributed by atoms with E-state index < -0.39 is 29.2 Å². The normalized spacial score (nSPS) is 30.4. The number of rotatable bonds is 3. The number of aliphatic carboxylic acids is 1. The SMILES string of the molecule is C[C@H](C(=O)O)C1C[C@@]1(C)C(=O)NC(N)=O. The minimum atomic E-state index is -0.935. The van der Waals surface area contributed by atoms with Crippen LogP contribution >= 0.6 is 0 Å². The number of carbonyl (C=O) groups excluding carboxylic acids is 2. The number of imide groups is 1. The van der Waals surface area contributed by atoms with E-state index in [-0.39, 0.29) is 5.92 Å². The lowest BCUT2D eigenvalue weighted by Gasteiger charge is -2.12. The van der Waals surface area contributed by atoms with Gasteiger partial charge in [-0.25, -0.2) is 4.79 Å². The highest BCUT2D eigenvalue weighted by atomic mass is 16.4. The molecule has 84 valence electrons. The molecule has 3 amide bonds. The average molecular weight is 214 g/mol. The first-order valence-electron chi connectivity index (χ1n) is 4.62. The first-order valence-corrected chi connectivity index (χ1v) is 4.62. The van der Waals surface area contributed by atoms with Crippen LogP contribution in [0, 0.1) is 17.3 Å². The van der Waals surface area contributed by atoms with Gasteiger partial charge in [-0.1, -0.05) is 13.8 Å². The van der Waals surface area contributed by atoms with E-state index in [1.807, 2.05) is 5.32 Å². The Morgan fingerprint density at radius 1 is 1.53 bits per heavy atom. The van der Waals surface area contributed by atoms with E-state index >= 15 is 0 Å². The smallest absolute Gasteiger partial charge is 0.318 e. The summed E-state index contributed by atoms with van der Waals surface area (Å²) < 4.78 is 0. The maximum atomic E-state index is 11.5. The molecule has 1 aliphatic carbocycles. The summed E-state index contributed by atoms with van der Waals surface area (Å²) in [5, 5.41) is 10.7. The van der Waals surface area contributed by atoms with Gasteiger partial charge in [0.2, 0.25) is 5.91 Å². The van der Waals surface area contributed by atoms with Gasteiger partial charge in [-0.15, -0.1) is 0 Å². The maximum absolute atomic E-state index is 11.5. The van der Waals surface area contributed by atoms with Gasteiger partial charge in [0.15, 0.2) is 0 Å². The molecule has 3 atom stereocenters. The molecule has 0 aromatic heterocycles. The number of carboxylic acids is 1. The minimum absolute atomic E-state index is 0.227. The first kappa shape index (κ1) is 11.5. The average Bonchev–Trinajstić information content (AvgIpc) is 2.77. The number of amides is 3. The maximum Gasteiger partial charge on any atom is 0.318 e. The molecule has 1 saturated carbocycles. The fourth-order valence-electron chi connectivity index (χ4n) is 1.81. The van der Waals surface area contributed by atoms with Gasteiger partial charge in [-0.3, -0.25) is 14.9 Å². The summed E-state index contributed by atoms with van der Waals surface area (Å²) in [5.41, 5.74) is 4.04. The van der Waals surface area contributed by atoms with Crippen molar-refractivity contribution in [1.29, 1.82) is 0 Å². The van der Waals surface area contributed by atoms with Crippen molar-refractivity contribution in [2.75, 3.05) is 0 Å². The Morgan fingerprint density at radius 3 is 2.47 bits per heavy atom. The van der Waals surface area contributed by atoms with Crippen molar-refractivity contribution in [3.05, 3.63) is 0 Å². The third-order valence-electron chi connectivity index (χ3n) is 3.05. The second-order valence-electron chi connectivity index (χ2n) is 4.17. The Balaban J connectivity index is 2.62. The van der Waals surface area contributed by atoms with Crippen molar-refractivity contribution in [3.63, 3.8) is 0 Å². The van der Waals surface area contributed by atoms with Gasteiger partial charge in [-0.2, -0.15) is 0 Å². The predicted octanol–water partition coefficient (Wildman–Crippen LogP) is -0.0718. The van der Waals surface area contributed by atoms with Crippen LogP contribution in [0.25, 0.3) is 0 Å². The first-order chi connectivity index (χ1) is 6.79. The van der Waals surface area contributed by atoms with E-state index in [0.717, 1.165) is 0 Å². The Labute approximate surface area is 86.8 Å². The largest absolute Gasteiger partial charge is 0.481 e. The van der Waals surface area contributed by atoms with Gasteiger partial charge in [0.05, 0.1) is 11.3 Å². The van der Waals surface area contributed by atoms with Crippen molar-refractivity contribution >= 4 is 17.9 Å². The highest BCUT2D eigenvalue weighted by Gasteiger charge is 2.59. The molecule has 0 spiro atoms. The fraction of sp³-hybridized carbons (Fsp3) is 0.667. The van der Waals surface area contributed by atoms with Gasteiger partial charge in [0.1, 0.15) is 0 Å². The molecule has 1 unspecified atom stereocenters. The van der Waals surface area contributed by atoms with Crippen LogP contribution < -0.4 is 11.1 Å². The summed E-state index contributed by atoms with van der Waals surface area (Å²) in [6.07, 6.45) is 0.472. The highest BCUT2D eigenvalue weighted by Crippen LogP contribution is 2.56. The van der Waals surface area contributed by atoms with Crippen LogP contribution in [-0.4, -0.2) is 23.0 Å². The third kappa shape index (κ3) is 2.08. The molecule has 6 nitrogen and oxygen atoms in total. The molecule has 0 heterocycles. The van der Waals surface area contributed by atoms with Crippen LogP contribution in [0.15, 0.2) is 0 Å². The number of nitrogens with one attached hydrogen (secondary N) is 1. The molecular weight excluding hydrogens is 200 g/mol. The monoisotopic (exact) mass is 214 g/mol. The number of carboxylic acid groups (broad SMARTS) is 1. The van der Waals surface area contributed by atoms with E-state index in [9.17, 15) is 14.4 Å². The highest BCUT2D eigenvalue weighted by molar-refractivity contribution is 5.98. The zero-order valence-corrected chi connectivity index (χ0v) is 8.61. The lowest BCUT2D eigenvalue weighted by Crippen LogP contribution is -2.40. The molecule has 0 aromatic rings. The van der Waals surface area contributed by atoms with Crippen LogP contribution in [0.1, 0.15) is 20.3 Å². The van der Waals surface area contributed by atoms with E-state index in [1.54, 1.807) is 13.8 Å². The number of hydrogen-bond donors (Lipinski definition) is 3. The van der Waals surface area contributed by atoms with Gasteiger partial charge in [-0.05, 0) is 12.3 Å². The minimum Gasteiger partial charge on any atom is -0.481 e. The predicted molar refractivity (Wildman–Crippen MR) is 50.7 cm³/mol. The Bertz CT molecular complexity index is 328. The summed E-state index contributed by atoms with van der Waals surface area (Å²) in [7, 11) is 0. The summed E-state index contributed by atoms with van der Waals surface area (Å²) in [4.78, 5) is 32.6. The van der Waals surface area contributed by atoms with Crippen molar-refractivity contribution in [2.45, 2.75) is 20.3 Å². The van der Waals surface area contributed by atoms with Crippen molar-refractivity contribution in [3.8, 4) is 0 Å². The van der Waals surface area contributed by atoms with E-state index in [2.05, 4.69) is 0 Å². The summed E-state index contributed by atoms with van der Waals surface area (Å²) >= 11 is 0. The van der Waals surface area contributed by atoms with Gasteiger partial charge < -0.3 is 10.8 Å². The molecule has 0 saturated heterocycles. The second kappa shape index (κ2) is 3.52. The molecule has 1 rings (SSSR count). The van der Waals surface area contributed by atoms with Gasteiger partial charge in [0.25, 0.3) is 0 Å². The van der Waals surface area contributed by atoms with E-state index in [1.165, 1.54) is 0 Å². The zero-order chi connectivity index (χ0) is 11.8. The van der Waals surface area contributed by atoms with Crippen LogP contribution in [0.4, 0.5) is 4.79 Å². The van der Waals surface area contributed by atoms with E-state index in [4.69, 9.17) is 10.8 Å². The van der Waals surface area contributed by atoms with Crippen molar-refractivity contribution < 1.29 is 19.5 Å². The molecule has 15 heavy (non-hydrogen) atoms. The third-order valence-corrected chi connectivity index (χ3v) is 3.05. The lowest BCUT2D eigenvalue weighted by molar-refractivity contribution is -0.142. The molecule has 1 fully saturated rings. The summed E-state index contributed by atoms with van der Waals surface area (Å²) in [6, 6.07) is -0.908. The summed E-state index contributed by atoms with van der Waals surface area (Å²) in [6.45, 7) is 3.19. The molecule has 0 radical (unpaired) electrons. The molecule has 1 aliphatic rings. The molecule has 0 aromatic carbocycles. The zero-order valence-electron chi connectivity index (χ0n) is 8.61. The van der Waals surface area contributed by atoms with Crippen molar-refractivity contribution in [2.24, 2.45) is 23.0 Å². The quantitative estimate of drug-likeness (QED) is 0.610. The van der Waals surface area contributed by atoms with Crippen LogP contribution in [-0.2, 0) is 9.59 Å². The summed E-state index contributed by atoms with van der Waals surface area (Å²) in [5.74, 6) is -2.24. The lowest BCUT2D eigenvalue weighted by atomic mass is 9.97. The molecule has 4 N–H and O–H groups in total. The van der Waals surface area contributed by atoms with Gasteiger partial charge in [0, 0.05) is 0 Å². The Kier molecular flexibility index (Phi) is 2.70. The molecular formula is C9H14N2O4. The number of carbonyl (C=O) groups is 3. The molecule has 0 aliphatic heterocycles. The molecule has 0 bridgehead atoms. The van der Waals surface area contributed by atoms with Gasteiger partial charge >= 0.3 is 12.0 Å².